The molecule has 0 bridgehead atoms. The second-order valence-corrected chi connectivity index (χ2v) is 5.56. The van der Waals surface area contributed by atoms with E-state index in [2.05, 4.69) is 26.1 Å². The number of ether oxygens (including phenoxy) is 2. The molecule has 0 amide bonds. The average Bonchev–Trinajstić information content (AvgIpc) is 2.36. The summed E-state index contributed by atoms with van der Waals surface area (Å²) < 4.78 is 33.8. The largest absolute Gasteiger partial charge is 0.491 e. The van der Waals surface area contributed by atoms with Crippen molar-refractivity contribution in [1.82, 2.24) is 5.32 Å². The van der Waals surface area contributed by atoms with E-state index in [1.54, 1.807) is 0 Å². The zero-order valence-corrected chi connectivity index (χ0v) is 12.3. The Balaban J connectivity index is 2.25. The minimum atomic E-state index is -2.43. The van der Waals surface area contributed by atoms with E-state index >= 15 is 0 Å². The Morgan fingerprint density at radius 2 is 1.75 bits per heavy atom. The molecule has 0 radical (unpaired) electrons. The van der Waals surface area contributed by atoms with Crippen LogP contribution < -0.4 is 10.1 Å². The van der Waals surface area contributed by atoms with Crippen molar-refractivity contribution in [3.8, 4) is 5.75 Å². The maximum absolute atomic E-state index is 11.8. The van der Waals surface area contributed by atoms with Crippen molar-refractivity contribution in [1.29, 1.82) is 0 Å². The minimum Gasteiger partial charge on any atom is -0.491 e. The van der Waals surface area contributed by atoms with Gasteiger partial charge in [-0.05, 0) is 38.5 Å². The molecule has 1 aromatic carbocycles. The van der Waals surface area contributed by atoms with E-state index in [4.69, 9.17) is 9.47 Å². The van der Waals surface area contributed by atoms with Crippen molar-refractivity contribution >= 4 is 0 Å². The number of hydrogen-bond donors (Lipinski definition) is 1. The molecule has 0 unspecified atom stereocenters. The van der Waals surface area contributed by atoms with Crippen molar-refractivity contribution < 1.29 is 18.3 Å². The fraction of sp³-hybridized carbons (Fsp3) is 0.600. The van der Waals surface area contributed by atoms with Gasteiger partial charge in [-0.15, -0.1) is 0 Å². The molecule has 0 aliphatic heterocycles. The number of halogens is 2. The number of rotatable bonds is 8. The Hall–Kier alpha value is -1.20. The molecule has 0 aromatic heterocycles. The standard InChI is InChI=1S/C15H23F2NO2/c1-15(2,3)18-10-12-4-6-13(7-5-12)20-9-8-19-11-14(16)17/h4-7,14,18H,8-11H2,1-3H3. The van der Waals surface area contributed by atoms with Crippen LogP contribution in [0.1, 0.15) is 26.3 Å². The molecular weight excluding hydrogens is 264 g/mol. The van der Waals surface area contributed by atoms with Gasteiger partial charge in [-0.25, -0.2) is 8.78 Å². The molecule has 0 saturated heterocycles. The highest BCUT2D eigenvalue weighted by Crippen LogP contribution is 2.13. The van der Waals surface area contributed by atoms with Crippen LogP contribution in [-0.2, 0) is 11.3 Å². The Labute approximate surface area is 119 Å². The third-order valence-corrected chi connectivity index (χ3v) is 2.49. The average molecular weight is 287 g/mol. The second kappa shape index (κ2) is 8.17. The molecule has 0 fully saturated rings. The lowest BCUT2D eigenvalue weighted by Crippen LogP contribution is -2.35. The van der Waals surface area contributed by atoms with Gasteiger partial charge in [-0.3, -0.25) is 0 Å². The number of benzene rings is 1. The highest BCUT2D eigenvalue weighted by molar-refractivity contribution is 5.27. The van der Waals surface area contributed by atoms with Crippen LogP contribution >= 0.6 is 0 Å². The zero-order valence-electron chi connectivity index (χ0n) is 12.3. The van der Waals surface area contributed by atoms with Crippen molar-refractivity contribution in [2.75, 3.05) is 19.8 Å². The van der Waals surface area contributed by atoms with Crippen LogP contribution in [-0.4, -0.2) is 31.8 Å². The van der Waals surface area contributed by atoms with Gasteiger partial charge < -0.3 is 14.8 Å². The Morgan fingerprint density at radius 3 is 2.30 bits per heavy atom. The molecule has 0 aliphatic rings. The molecule has 0 spiro atoms. The van der Waals surface area contributed by atoms with Gasteiger partial charge in [0.25, 0.3) is 6.43 Å². The van der Waals surface area contributed by atoms with Gasteiger partial charge in [0.1, 0.15) is 19.0 Å². The van der Waals surface area contributed by atoms with Crippen LogP contribution in [0, 0.1) is 0 Å². The lowest BCUT2D eigenvalue weighted by atomic mass is 10.1. The number of hydrogen-bond acceptors (Lipinski definition) is 3. The Kier molecular flexibility index (Phi) is 6.88. The lowest BCUT2D eigenvalue weighted by molar-refractivity contribution is 0.00763. The summed E-state index contributed by atoms with van der Waals surface area (Å²) >= 11 is 0. The van der Waals surface area contributed by atoms with E-state index in [0.29, 0.717) is 5.75 Å². The molecule has 20 heavy (non-hydrogen) atoms. The molecule has 5 heteroatoms. The predicted octanol–water partition coefficient (Wildman–Crippen LogP) is 3.24. The molecule has 3 nitrogen and oxygen atoms in total. The van der Waals surface area contributed by atoms with Gasteiger partial charge in [0.2, 0.25) is 0 Å². The highest BCUT2D eigenvalue weighted by Gasteiger charge is 2.08. The third-order valence-electron chi connectivity index (χ3n) is 2.49. The normalized spacial score (nSPS) is 11.9. The first kappa shape index (κ1) is 16.9. The molecule has 1 N–H and O–H groups in total. The SMILES string of the molecule is CC(C)(C)NCc1ccc(OCCOCC(F)F)cc1. The van der Waals surface area contributed by atoms with Gasteiger partial charge in [0.05, 0.1) is 6.61 Å². The molecule has 0 saturated carbocycles. The Bertz CT molecular complexity index is 374. The van der Waals surface area contributed by atoms with Gasteiger partial charge in [0, 0.05) is 12.1 Å². The first-order chi connectivity index (χ1) is 9.37. The van der Waals surface area contributed by atoms with Crippen LogP contribution in [0.4, 0.5) is 8.78 Å². The maximum atomic E-state index is 11.8. The summed E-state index contributed by atoms with van der Waals surface area (Å²) in [7, 11) is 0. The molecule has 0 aliphatic carbocycles. The topological polar surface area (TPSA) is 30.5 Å². The van der Waals surface area contributed by atoms with E-state index in [1.807, 2.05) is 24.3 Å². The van der Waals surface area contributed by atoms with Crippen LogP contribution in [0.5, 0.6) is 5.75 Å². The molecule has 0 heterocycles. The van der Waals surface area contributed by atoms with Crippen molar-refractivity contribution in [2.45, 2.75) is 39.3 Å². The highest BCUT2D eigenvalue weighted by atomic mass is 19.3. The molecule has 114 valence electrons. The first-order valence-corrected chi connectivity index (χ1v) is 6.69. The maximum Gasteiger partial charge on any atom is 0.261 e. The minimum absolute atomic E-state index is 0.0806. The summed E-state index contributed by atoms with van der Waals surface area (Å²) in [6.07, 6.45) is -2.43. The summed E-state index contributed by atoms with van der Waals surface area (Å²) in [6.45, 7) is 7.03. The number of alkyl halides is 2. The van der Waals surface area contributed by atoms with Crippen LogP contribution in [0.15, 0.2) is 24.3 Å². The fourth-order valence-corrected chi connectivity index (χ4v) is 1.46. The monoisotopic (exact) mass is 287 g/mol. The number of nitrogens with one attached hydrogen (secondary N) is 1. The van der Waals surface area contributed by atoms with Crippen molar-refractivity contribution in [2.24, 2.45) is 0 Å². The van der Waals surface area contributed by atoms with Gasteiger partial charge >= 0.3 is 0 Å². The molecule has 1 aromatic rings. The van der Waals surface area contributed by atoms with Gasteiger partial charge in [-0.2, -0.15) is 0 Å². The predicted molar refractivity (Wildman–Crippen MR) is 75.4 cm³/mol. The van der Waals surface area contributed by atoms with Crippen molar-refractivity contribution in [3.05, 3.63) is 29.8 Å². The summed E-state index contributed by atoms with van der Waals surface area (Å²) in [6, 6.07) is 7.70. The Morgan fingerprint density at radius 1 is 1.10 bits per heavy atom. The van der Waals surface area contributed by atoms with Crippen LogP contribution in [0.2, 0.25) is 0 Å². The molecule has 0 atom stereocenters. The molecule has 1 rings (SSSR count). The van der Waals surface area contributed by atoms with E-state index in [-0.39, 0.29) is 18.8 Å². The van der Waals surface area contributed by atoms with Gasteiger partial charge in [-0.1, -0.05) is 12.1 Å². The fourth-order valence-electron chi connectivity index (χ4n) is 1.46. The summed E-state index contributed by atoms with van der Waals surface area (Å²) in [5, 5.41) is 3.40. The smallest absolute Gasteiger partial charge is 0.261 e. The molecular formula is C15H23F2NO2. The van der Waals surface area contributed by atoms with E-state index < -0.39 is 13.0 Å². The summed E-state index contributed by atoms with van der Waals surface area (Å²) in [4.78, 5) is 0. The zero-order chi connectivity index (χ0) is 15.0. The summed E-state index contributed by atoms with van der Waals surface area (Å²) in [5.41, 5.74) is 1.25. The lowest BCUT2D eigenvalue weighted by Gasteiger charge is -2.20. The van der Waals surface area contributed by atoms with E-state index in [1.165, 1.54) is 5.56 Å². The quantitative estimate of drug-likeness (QED) is 0.745. The van der Waals surface area contributed by atoms with Crippen LogP contribution in [0.25, 0.3) is 0 Å². The third kappa shape index (κ3) is 8.07. The van der Waals surface area contributed by atoms with Crippen LogP contribution in [0.3, 0.4) is 0 Å². The van der Waals surface area contributed by atoms with Gasteiger partial charge in [0.15, 0.2) is 0 Å². The van der Waals surface area contributed by atoms with E-state index in [9.17, 15) is 8.78 Å². The van der Waals surface area contributed by atoms with Crippen molar-refractivity contribution in [3.63, 3.8) is 0 Å². The second-order valence-electron chi connectivity index (χ2n) is 5.56. The summed E-state index contributed by atoms with van der Waals surface area (Å²) in [5.74, 6) is 0.713. The first-order valence-electron chi connectivity index (χ1n) is 6.69. The van der Waals surface area contributed by atoms with E-state index in [0.717, 1.165) is 6.54 Å².